The molecule has 4 rings (SSSR count). The third-order valence-electron chi connectivity index (χ3n) is 6.17. The van der Waals surface area contributed by atoms with Gasteiger partial charge in [-0.05, 0) is 40.5 Å². The number of rotatable bonds is 6. The van der Waals surface area contributed by atoms with E-state index in [4.69, 9.17) is 15.7 Å². The lowest BCUT2D eigenvalue weighted by Crippen LogP contribution is -2.10. The maximum absolute atomic E-state index is 6.43. The zero-order valence-corrected chi connectivity index (χ0v) is 20.4. The molecule has 4 heteroatoms. The molecule has 2 aromatic heterocycles. The highest BCUT2D eigenvalue weighted by Crippen LogP contribution is 2.33. The second kappa shape index (κ2) is 8.57. The predicted molar refractivity (Wildman–Crippen MR) is 137 cm³/mol. The van der Waals surface area contributed by atoms with E-state index < -0.39 is 0 Å². The van der Waals surface area contributed by atoms with Crippen molar-refractivity contribution in [1.29, 1.82) is 0 Å². The summed E-state index contributed by atoms with van der Waals surface area (Å²) < 4.78 is 2.38. The molecule has 0 amide bonds. The maximum Gasteiger partial charge on any atom is 0.152 e. The first-order chi connectivity index (χ1) is 15.2. The van der Waals surface area contributed by atoms with Crippen molar-refractivity contribution in [3.8, 4) is 11.1 Å². The van der Waals surface area contributed by atoms with E-state index in [0.717, 1.165) is 59.1 Å². The average Bonchev–Trinajstić information content (AvgIpc) is 3.10. The zero-order valence-electron chi connectivity index (χ0n) is 20.4. The van der Waals surface area contributed by atoms with Crippen LogP contribution in [0, 0.1) is 5.92 Å². The Morgan fingerprint density at radius 1 is 0.969 bits per heavy atom. The Morgan fingerprint density at radius 3 is 2.28 bits per heavy atom. The van der Waals surface area contributed by atoms with E-state index in [-0.39, 0.29) is 5.41 Å². The fourth-order valence-electron chi connectivity index (χ4n) is 4.39. The van der Waals surface area contributed by atoms with Gasteiger partial charge in [0.2, 0.25) is 0 Å². The van der Waals surface area contributed by atoms with Crippen LogP contribution in [-0.2, 0) is 18.4 Å². The molecule has 2 heterocycles. The van der Waals surface area contributed by atoms with Crippen LogP contribution in [0.2, 0.25) is 0 Å². The summed E-state index contributed by atoms with van der Waals surface area (Å²) in [6.45, 7) is 14.4. The lowest BCUT2D eigenvalue weighted by Gasteiger charge is -2.19. The SMILES string of the molecule is CCCCc1nc2c(N)nc3cc(-c4ccc(C(C)(C)C)cc4)ccc3c2n1CC(C)C. The van der Waals surface area contributed by atoms with Crippen LogP contribution in [0.5, 0.6) is 0 Å². The van der Waals surface area contributed by atoms with Gasteiger partial charge in [-0.1, -0.05) is 84.4 Å². The number of nitrogens with two attached hydrogens (primary N) is 1. The van der Waals surface area contributed by atoms with Gasteiger partial charge in [0.1, 0.15) is 11.3 Å². The van der Waals surface area contributed by atoms with Crippen LogP contribution in [0.4, 0.5) is 5.82 Å². The Balaban J connectivity index is 1.86. The largest absolute Gasteiger partial charge is 0.382 e. The molecule has 0 aliphatic rings. The molecule has 0 aliphatic carbocycles. The summed E-state index contributed by atoms with van der Waals surface area (Å²) >= 11 is 0. The van der Waals surface area contributed by atoms with E-state index in [1.165, 1.54) is 11.1 Å². The third-order valence-corrected chi connectivity index (χ3v) is 6.17. The molecule has 0 atom stereocenters. The highest BCUT2D eigenvalue weighted by atomic mass is 15.1. The number of fused-ring (bicyclic) bond motifs is 3. The lowest BCUT2D eigenvalue weighted by atomic mass is 9.86. The van der Waals surface area contributed by atoms with Crippen LogP contribution >= 0.6 is 0 Å². The van der Waals surface area contributed by atoms with Crippen molar-refractivity contribution >= 4 is 27.8 Å². The number of unbranched alkanes of at least 4 members (excludes halogenated alkanes) is 1. The molecular formula is C28H36N4. The molecule has 0 unspecified atom stereocenters. The van der Waals surface area contributed by atoms with Crippen LogP contribution in [0.1, 0.15) is 65.8 Å². The third kappa shape index (κ3) is 4.23. The summed E-state index contributed by atoms with van der Waals surface area (Å²) in [5, 5.41) is 1.13. The van der Waals surface area contributed by atoms with Crippen molar-refractivity contribution in [1.82, 2.24) is 14.5 Å². The number of anilines is 1. The molecule has 4 aromatic rings. The van der Waals surface area contributed by atoms with Crippen molar-refractivity contribution in [2.75, 3.05) is 5.73 Å². The molecule has 0 saturated carbocycles. The van der Waals surface area contributed by atoms with Gasteiger partial charge < -0.3 is 10.3 Å². The molecular weight excluding hydrogens is 392 g/mol. The maximum atomic E-state index is 6.43. The average molecular weight is 429 g/mol. The minimum atomic E-state index is 0.147. The van der Waals surface area contributed by atoms with Crippen molar-refractivity contribution in [2.24, 2.45) is 5.92 Å². The van der Waals surface area contributed by atoms with Crippen molar-refractivity contribution in [2.45, 2.75) is 72.8 Å². The minimum Gasteiger partial charge on any atom is -0.382 e. The van der Waals surface area contributed by atoms with Crippen LogP contribution in [0.25, 0.3) is 33.1 Å². The van der Waals surface area contributed by atoms with Crippen LogP contribution in [-0.4, -0.2) is 14.5 Å². The first-order valence-corrected chi connectivity index (χ1v) is 11.9. The number of hydrogen-bond donors (Lipinski definition) is 1. The minimum absolute atomic E-state index is 0.147. The zero-order chi connectivity index (χ0) is 23.0. The number of aromatic nitrogens is 3. The molecule has 0 saturated heterocycles. The van der Waals surface area contributed by atoms with Gasteiger partial charge in [0, 0.05) is 18.4 Å². The second-order valence-electron chi connectivity index (χ2n) is 10.4. The fourth-order valence-corrected chi connectivity index (χ4v) is 4.39. The molecule has 32 heavy (non-hydrogen) atoms. The van der Waals surface area contributed by atoms with Gasteiger partial charge in [0.15, 0.2) is 5.82 Å². The molecule has 0 bridgehead atoms. The van der Waals surface area contributed by atoms with Gasteiger partial charge in [-0.25, -0.2) is 9.97 Å². The number of benzene rings is 2. The predicted octanol–water partition coefficient (Wildman–Crippen LogP) is 7.13. The molecule has 0 fully saturated rings. The van der Waals surface area contributed by atoms with Gasteiger partial charge in [-0.2, -0.15) is 0 Å². The van der Waals surface area contributed by atoms with Crippen molar-refractivity contribution in [3.63, 3.8) is 0 Å². The van der Waals surface area contributed by atoms with E-state index >= 15 is 0 Å². The standard InChI is InChI=1S/C28H36N4/c1-7-8-9-24-31-25-26(32(24)17-18(2)3)22-15-12-20(16-23(22)30-27(25)29)19-10-13-21(14-11-19)28(4,5)6/h10-16,18H,7-9,17H2,1-6H3,(H2,29,30). The highest BCUT2D eigenvalue weighted by molar-refractivity contribution is 6.07. The summed E-state index contributed by atoms with van der Waals surface area (Å²) in [6.07, 6.45) is 3.25. The van der Waals surface area contributed by atoms with E-state index in [9.17, 15) is 0 Å². The highest BCUT2D eigenvalue weighted by Gasteiger charge is 2.18. The number of hydrogen-bond acceptors (Lipinski definition) is 3. The Bertz CT molecular complexity index is 1240. The summed E-state index contributed by atoms with van der Waals surface area (Å²) in [4.78, 5) is 9.70. The monoisotopic (exact) mass is 428 g/mol. The summed E-state index contributed by atoms with van der Waals surface area (Å²) in [5.74, 6) is 2.17. The molecule has 4 nitrogen and oxygen atoms in total. The molecule has 2 aromatic carbocycles. The Labute approximate surface area is 191 Å². The van der Waals surface area contributed by atoms with Crippen LogP contribution in [0.15, 0.2) is 42.5 Å². The van der Waals surface area contributed by atoms with Gasteiger partial charge in [0.25, 0.3) is 0 Å². The smallest absolute Gasteiger partial charge is 0.152 e. The molecule has 168 valence electrons. The van der Waals surface area contributed by atoms with E-state index in [0.29, 0.717) is 11.7 Å². The van der Waals surface area contributed by atoms with E-state index in [2.05, 4.69) is 88.6 Å². The van der Waals surface area contributed by atoms with Crippen molar-refractivity contribution in [3.05, 3.63) is 53.9 Å². The molecule has 2 N–H and O–H groups in total. The number of nitrogens with zero attached hydrogens (tertiary/aromatic N) is 3. The van der Waals surface area contributed by atoms with Crippen molar-refractivity contribution < 1.29 is 0 Å². The molecule has 0 radical (unpaired) electrons. The Hall–Kier alpha value is -2.88. The summed E-state index contributed by atoms with van der Waals surface area (Å²) in [7, 11) is 0. The first kappa shape index (κ1) is 22.3. The van der Waals surface area contributed by atoms with Crippen LogP contribution < -0.4 is 5.73 Å². The van der Waals surface area contributed by atoms with Gasteiger partial charge in [-0.3, -0.25) is 0 Å². The number of nitrogen functional groups attached to an aromatic ring is 1. The molecule has 0 aliphatic heterocycles. The van der Waals surface area contributed by atoms with Gasteiger partial charge >= 0.3 is 0 Å². The van der Waals surface area contributed by atoms with E-state index in [1.807, 2.05) is 0 Å². The lowest BCUT2D eigenvalue weighted by molar-refractivity contribution is 0.513. The first-order valence-electron chi connectivity index (χ1n) is 11.9. The number of pyridine rings is 1. The second-order valence-corrected chi connectivity index (χ2v) is 10.4. The normalized spacial score (nSPS) is 12.3. The fraction of sp³-hybridized carbons (Fsp3) is 0.429. The van der Waals surface area contributed by atoms with Gasteiger partial charge in [0.05, 0.1) is 11.0 Å². The number of aryl methyl sites for hydroxylation is 1. The van der Waals surface area contributed by atoms with Crippen LogP contribution in [0.3, 0.4) is 0 Å². The van der Waals surface area contributed by atoms with Gasteiger partial charge in [-0.15, -0.1) is 0 Å². The summed E-state index contributed by atoms with van der Waals surface area (Å²) in [5.41, 5.74) is 13.2. The number of imidazole rings is 1. The quantitative estimate of drug-likeness (QED) is 0.355. The Kier molecular flexibility index (Phi) is 5.98. The molecule has 0 spiro atoms. The topological polar surface area (TPSA) is 56.7 Å². The summed E-state index contributed by atoms with van der Waals surface area (Å²) in [6, 6.07) is 15.4. The van der Waals surface area contributed by atoms with E-state index in [1.54, 1.807) is 0 Å². The Morgan fingerprint density at radius 2 is 1.66 bits per heavy atom.